The summed E-state index contributed by atoms with van der Waals surface area (Å²) >= 11 is 0. The van der Waals surface area contributed by atoms with Gasteiger partial charge >= 0.3 is 6.03 Å². The molecule has 0 radical (unpaired) electrons. The van der Waals surface area contributed by atoms with Gasteiger partial charge in [-0.05, 0) is 35.6 Å². The Bertz CT molecular complexity index is 967. The molecule has 0 heterocycles. The Hall–Kier alpha value is -3.47. The van der Waals surface area contributed by atoms with Crippen molar-refractivity contribution in [3.05, 3.63) is 90.0 Å². The van der Waals surface area contributed by atoms with Crippen LogP contribution in [0.4, 0.5) is 10.5 Å². The maximum Gasteiger partial charge on any atom is 0.321 e. The highest BCUT2D eigenvalue weighted by Gasteiger charge is 2.20. The van der Waals surface area contributed by atoms with E-state index >= 15 is 0 Å². The molecule has 0 fully saturated rings. The van der Waals surface area contributed by atoms with Crippen LogP contribution in [0.25, 0.3) is 0 Å². The molecular formula is C28H34N2O3. The van der Waals surface area contributed by atoms with E-state index in [-0.39, 0.29) is 11.9 Å². The highest BCUT2D eigenvalue weighted by Crippen LogP contribution is 2.31. The summed E-state index contributed by atoms with van der Waals surface area (Å²) < 4.78 is 10.7. The first-order chi connectivity index (χ1) is 16.0. The maximum atomic E-state index is 13.2. The van der Waals surface area contributed by atoms with Crippen molar-refractivity contribution < 1.29 is 14.3 Å². The van der Waals surface area contributed by atoms with Crippen molar-refractivity contribution in [3.8, 4) is 11.5 Å². The van der Waals surface area contributed by atoms with Gasteiger partial charge in [-0.2, -0.15) is 0 Å². The van der Waals surface area contributed by atoms with Crippen molar-refractivity contribution in [2.24, 2.45) is 5.92 Å². The van der Waals surface area contributed by atoms with E-state index in [0.717, 1.165) is 6.42 Å². The predicted molar refractivity (Wildman–Crippen MR) is 134 cm³/mol. The normalized spacial score (nSPS) is 10.8. The van der Waals surface area contributed by atoms with E-state index in [1.165, 1.54) is 11.1 Å². The second-order valence-corrected chi connectivity index (χ2v) is 8.50. The largest absolute Gasteiger partial charge is 0.493 e. The van der Waals surface area contributed by atoms with Crippen molar-refractivity contribution in [2.75, 3.05) is 32.6 Å². The Morgan fingerprint density at radius 3 is 1.94 bits per heavy atom. The number of hydrogen-bond donors (Lipinski definition) is 1. The minimum atomic E-state index is -0.115. The van der Waals surface area contributed by atoms with E-state index in [1.54, 1.807) is 26.4 Å². The number of nitrogens with zero attached hydrogens (tertiary/aromatic N) is 1. The molecule has 0 spiro atoms. The number of carbonyl (C=O) groups excluding carboxylic acids is 1. The highest BCUT2D eigenvalue weighted by atomic mass is 16.5. The van der Waals surface area contributed by atoms with E-state index in [2.05, 4.69) is 67.7 Å². The molecule has 0 saturated carbocycles. The van der Waals surface area contributed by atoms with Crippen molar-refractivity contribution in [1.82, 2.24) is 4.90 Å². The predicted octanol–water partition coefficient (Wildman–Crippen LogP) is 6.42. The molecule has 3 rings (SSSR count). The molecule has 3 aromatic carbocycles. The Balaban J connectivity index is 1.77. The summed E-state index contributed by atoms with van der Waals surface area (Å²) in [6, 6.07) is 26.3. The van der Waals surface area contributed by atoms with Crippen molar-refractivity contribution in [1.29, 1.82) is 0 Å². The third kappa shape index (κ3) is 6.75. The lowest BCUT2D eigenvalue weighted by atomic mass is 9.88. The molecule has 3 aromatic rings. The molecule has 2 amide bonds. The molecule has 0 aliphatic carbocycles. The standard InChI is InChI=1S/C28H34N2O3/c1-21(2)20-30(28(31)29-24-15-16-26(32-3)27(19-24)33-4)18-17-25(22-11-7-5-8-12-22)23-13-9-6-10-14-23/h5-16,19,21,25H,17-18,20H2,1-4H3,(H,29,31). The fourth-order valence-electron chi connectivity index (χ4n) is 4.01. The number of benzene rings is 3. The maximum absolute atomic E-state index is 13.2. The molecule has 33 heavy (non-hydrogen) atoms. The average Bonchev–Trinajstić information content (AvgIpc) is 2.84. The number of methoxy groups -OCH3 is 2. The Morgan fingerprint density at radius 2 is 1.42 bits per heavy atom. The van der Waals surface area contributed by atoms with Crippen molar-refractivity contribution in [2.45, 2.75) is 26.2 Å². The van der Waals surface area contributed by atoms with Gasteiger partial charge < -0.3 is 19.7 Å². The molecule has 5 nitrogen and oxygen atoms in total. The van der Waals surface area contributed by atoms with Gasteiger partial charge in [-0.3, -0.25) is 0 Å². The third-order valence-electron chi connectivity index (χ3n) is 5.60. The fourth-order valence-corrected chi connectivity index (χ4v) is 4.01. The van der Waals surface area contributed by atoms with E-state index in [4.69, 9.17) is 9.47 Å². The van der Waals surface area contributed by atoms with Crippen LogP contribution in [0.5, 0.6) is 11.5 Å². The third-order valence-corrected chi connectivity index (χ3v) is 5.60. The zero-order valence-electron chi connectivity index (χ0n) is 20.0. The van der Waals surface area contributed by atoms with E-state index in [1.807, 2.05) is 23.1 Å². The lowest BCUT2D eigenvalue weighted by Gasteiger charge is -2.28. The van der Waals surface area contributed by atoms with E-state index in [9.17, 15) is 4.79 Å². The molecular weight excluding hydrogens is 412 g/mol. The minimum Gasteiger partial charge on any atom is -0.493 e. The topological polar surface area (TPSA) is 50.8 Å². The van der Waals surface area contributed by atoms with Gasteiger partial charge in [0.1, 0.15) is 0 Å². The summed E-state index contributed by atoms with van der Waals surface area (Å²) in [7, 11) is 3.18. The van der Waals surface area contributed by atoms with Crippen LogP contribution in [0, 0.1) is 5.92 Å². The van der Waals surface area contributed by atoms with Gasteiger partial charge in [-0.15, -0.1) is 0 Å². The lowest BCUT2D eigenvalue weighted by molar-refractivity contribution is 0.203. The monoisotopic (exact) mass is 446 g/mol. The van der Waals surface area contributed by atoms with Gasteiger partial charge in [-0.25, -0.2) is 4.79 Å². The number of nitrogens with one attached hydrogen (secondary N) is 1. The summed E-state index contributed by atoms with van der Waals surface area (Å²) in [6.07, 6.45) is 0.833. The summed E-state index contributed by atoms with van der Waals surface area (Å²) in [6.45, 7) is 5.58. The number of urea groups is 1. The van der Waals surface area contributed by atoms with E-state index in [0.29, 0.717) is 36.2 Å². The lowest BCUT2D eigenvalue weighted by Crippen LogP contribution is -2.38. The second kappa shape index (κ2) is 12.0. The van der Waals surface area contributed by atoms with Crippen LogP contribution in [-0.4, -0.2) is 38.2 Å². The molecule has 0 atom stereocenters. The van der Waals surface area contributed by atoms with E-state index < -0.39 is 0 Å². The Kier molecular flexibility index (Phi) is 8.76. The summed E-state index contributed by atoms with van der Waals surface area (Å²) in [5.74, 6) is 1.78. The van der Waals surface area contributed by atoms with Crippen molar-refractivity contribution in [3.63, 3.8) is 0 Å². The van der Waals surface area contributed by atoms with Crippen LogP contribution < -0.4 is 14.8 Å². The zero-order valence-corrected chi connectivity index (χ0v) is 20.0. The minimum absolute atomic E-state index is 0.115. The van der Waals surface area contributed by atoms with Gasteiger partial charge in [0, 0.05) is 30.8 Å². The zero-order chi connectivity index (χ0) is 23.6. The first kappa shape index (κ1) is 24.2. The number of hydrogen-bond acceptors (Lipinski definition) is 3. The molecule has 0 aliphatic rings. The number of amides is 2. The number of carbonyl (C=O) groups is 1. The molecule has 0 unspecified atom stereocenters. The molecule has 0 aliphatic heterocycles. The summed E-state index contributed by atoms with van der Waals surface area (Å²) in [4.78, 5) is 15.1. The van der Waals surface area contributed by atoms with Crippen LogP contribution in [0.2, 0.25) is 0 Å². The van der Waals surface area contributed by atoms with Gasteiger partial charge in [0.05, 0.1) is 14.2 Å². The first-order valence-corrected chi connectivity index (χ1v) is 11.4. The smallest absolute Gasteiger partial charge is 0.321 e. The number of rotatable bonds is 10. The molecule has 0 saturated heterocycles. The summed E-state index contributed by atoms with van der Waals surface area (Å²) in [5, 5.41) is 3.03. The average molecular weight is 447 g/mol. The highest BCUT2D eigenvalue weighted by molar-refractivity contribution is 5.89. The van der Waals surface area contributed by atoms with Gasteiger partial charge in [0.15, 0.2) is 11.5 Å². The van der Waals surface area contributed by atoms with Crippen LogP contribution in [0.3, 0.4) is 0 Å². The van der Waals surface area contributed by atoms with Crippen LogP contribution in [0.1, 0.15) is 37.3 Å². The molecule has 0 aromatic heterocycles. The first-order valence-electron chi connectivity index (χ1n) is 11.4. The second-order valence-electron chi connectivity index (χ2n) is 8.50. The van der Waals surface area contributed by atoms with Crippen LogP contribution in [0.15, 0.2) is 78.9 Å². The molecule has 174 valence electrons. The fraction of sp³-hybridized carbons (Fsp3) is 0.321. The quantitative estimate of drug-likeness (QED) is 0.391. The van der Waals surface area contributed by atoms with Gasteiger partial charge in [-0.1, -0.05) is 74.5 Å². The number of ether oxygens (including phenoxy) is 2. The number of anilines is 1. The van der Waals surface area contributed by atoms with Gasteiger partial charge in [0.25, 0.3) is 0 Å². The van der Waals surface area contributed by atoms with Gasteiger partial charge in [0.2, 0.25) is 0 Å². The van der Waals surface area contributed by atoms with Crippen LogP contribution >= 0.6 is 0 Å². The Labute approximate surface area is 197 Å². The van der Waals surface area contributed by atoms with Crippen molar-refractivity contribution >= 4 is 11.7 Å². The molecule has 0 bridgehead atoms. The van der Waals surface area contributed by atoms with Crippen LogP contribution in [-0.2, 0) is 0 Å². The summed E-state index contributed by atoms with van der Waals surface area (Å²) in [5.41, 5.74) is 3.19. The SMILES string of the molecule is COc1ccc(NC(=O)N(CCC(c2ccccc2)c2ccccc2)CC(C)C)cc1OC. The molecule has 1 N–H and O–H groups in total. The molecule has 5 heteroatoms. The Morgan fingerprint density at radius 1 is 0.848 bits per heavy atom.